The monoisotopic (exact) mass is 376 g/mol. The van der Waals surface area contributed by atoms with Crippen LogP contribution >= 0.6 is 0 Å². The van der Waals surface area contributed by atoms with Crippen molar-refractivity contribution in [1.29, 1.82) is 0 Å². The van der Waals surface area contributed by atoms with Gasteiger partial charge in [-0.2, -0.15) is 0 Å². The summed E-state index contributed by atoms with van der Waals surface area (Å²) >= 11 is 0. The molecule has 150 valence electrons. The van der Waals surface area contributed by atoms with E-state index in [0.717, 1.165) is 5.46 Å². The number of aliphatic hydroxyl groups is 1. The Morgan fingerprint density at radius 1 is 1.30 bits per heavy atom. The Bertz CT molecular complexity index is 681. The van der Waals surface area contributed by atoms with Crippen molar-refractivity contribution >= 4 is 18.2 Å². The largest absolute Gasteiger partial charge is 0.426 e. The molecule has 2 saturated carbocycles. The second-order valence-corrected chi connectivity index (χ2v) is 9.96. The first-order valence-electron chi connectivity index (χ1n) is 10.2. The van der Waals surface area contributed by atoms with Crippen LogP contribution < -0.4 is 10.8 Å². The van der Waals surface area contributed by atoms with Crippen LogP contribution in [0.5, 0.6) is 0 Å². The van der Waals surface area contributed by atoms with E-state index in [1.807, 2.05) is 13.7 Å². The van der Waals surface area contributed by atoms with Crippen molar-refractivity contribution in [2.75, 3.05) is 5.32 Å². The molecule has 3 rings (SSSR count). The lowest BCUT2D eigenvalue weighted by molar-refractivity contribution is -0.0707. The van der Waals surface area contributed by atoms with E-state index in [1.54, 1.807) is 0 Å². The molecule has 0 aliphatic heterocycles. The molecule has 6 heteroatoms. The van der Waals surface area contributed by atoms with Crippen molar-refractivity contribution in [2.45, 2.75) is 90.8 Å². The highest BCUT2D eigenvalue weighted by molar-refractivity contribution is 6.67. The lowest BCUT2D eigenvalue weighted by Gasteiger charge is -2.51. The van der Waals surface area contributed by atoms with Crippen molar-refractivity contribution in [2.24, 2.45) is 11.3 Å². The fourth-order valence-corrected chi connectivity index (χ4v) is 4.46. The van der Waals surface area contributed by atoms with E-state index < -0.39 is 5.60 Å². The zero-order valence-corrected chi connectivity index (χ0v) is 17.6. The summed E-state index contributed by atoms with van der Waals surface area (Å²) in [5.74, 6) is 0.962. The molecule has 1 aromatic rings. The van der Waals surface area contributed by atoms with Crippen LogP contribution in [-0.4, -0.2) is 34.3 Å². The van der Waals surface area contributed by atoms with E-state index in [2.05, 4.69) is 38.0 Å². The molecule has 0 unspecified atom stereocenters. The summed E-state index contributed by atoms with van der Waals surface area (Å²) in [6.45, 7) is 12.4. The van der Waals surface area contributed by atoms with Gasteiger partial charge in [-0.15, -0.1) is 0 Å². The molecule has 0 atom stereocenters. The van der Waals surface area contributed by atoms with Gasteiger partial charge in [0.1, 0.15) is 11.6 Å². The Morgan fingerprint density at radius 2 is 1.93 bits per heavy atom. The number of pyridine rings is 1. The predicted molar refractivity (Wildman–Crippen MR) is 109 cm³/mol. The van der Waals surface area contributed by atoms with Crippen LogP contribution in [0.4, 0.5) is 10.2 Å². The minimum absolute atomic E-state index is 0.0422. The molecular formula is C21H34BFN2O2. The summed E-state index contributed by atoms with van der Waals surface area (Å²) < 4.78 is 20.5. The van der Waals surface area contributed by atoms with Gasteiger partial charge < -0.3 is 15.1 Å². The van der Waals surface area contributed by atoms with Crippen molar-refractivity contribution in [3.63, 3.8) is 0 Å². The Labute approximate surface area is 163 Å². The summed E-state index contributed by atoms with van der Waals surface area (Å²) in [7, 11) is 0. The predicted octanol–water partition coefficient (Wildman–Crippen LogP) is 4.00. The fourth-order valence-electron chi connectivity index (χ4n) is 4.46. The molecule has 2 fully saturated rings. The maximum atomic E-state index is 13.9. The molecule has 0 aromatic carbocycles. The SMILES string of the molecule is CB(OC(C)(C)C(C)(C)C1CCC1)c1cc(F)cnc1NC1CC(C)(O)C1. The molecule has 27 heavy (non-hydrogen) atoms. The van der Waals surface area contributed by atoms with E-state index in [0.29, 0.717) is 24.6 Å². The molecule has 0 saturated heterocycles. The lowest BCUT2D eigenvalue weighted by atomic mass is 9.57. The Morgan fingerprint density at radius 3 is 2.44 bits per heavy atom. The van der Waals surface area contributed by atoms with E-state index in [-0.39, 0.29) is 29.8 Å². The van der Waals surface area contributed by atoms with Crippen LogP contribution in [0.1, 0.15) is 66.7 Å². The summed E-state index contributed by atoms with van der Waals surface area (Å²) in [6, 6.07) is 1.67. The van der Waals surface area contributed by atoms with Gasteiger partial charge in [0, 0.05) is 6.04 Å². The number of nitrogens with one attached hydrogen (secondary N) is 1. The maximum absolute atomic E-state index is 13.9. The zero-order valence-electron chi connectivity index (χ0n) is 17.6. The van der Waals surface area contributed by atoms with Gasteiger partial charge in [0.05, 0.1) is 17.4 Å². The van der Waals surface area contributed by atoms with Gasteiger partial charge in [-0.25, -0.2) is 9.37 Å². The van der Waals surface area contributed by atoms with Gasteiger partial charge in [0.2, 0.25) is 0 Å². The number of anilines is 1. The van der Waals surface area contributed by atoms with Crippen molar-refractivity contribution in [3.8, 4) is 0 Å². The van der Waals surface area contributed by atoms with Crippen LogP contribution in [0, 0.1) is 17.2 Å². The molecule has 0 bridgehead atoms. The second kappa shape index (κ2) is 7.04. The molecule has 0 spiro atoms. The number of rotatable bonds is 7. The number of aromatic nitrogens is 1. The minimum Gasteiger partial charge on any atom is -0.426 e. The third kappa shape index (κ3) is 4.17. The average molecular weight is 376 g/mol. The number of halogens is 1. The van der Waals surface area contributed by atoms with E-state index >= 15 is 0 Å². The first-order valence-corrected chi connectivity index (χ1v) is 10.2. The molecule has 0 radical (unpaired) electrons. The smallest absolute Gasteiger partial charge is 0.327 e. The number of hydrogen-bond donors (Lipinski definition) is 2. The molecule has 2 aliphatic carbocycles. The summed E-state index contributed by atoms with van der Waals surface area (Å²) in [5.41, 5.74) is -0.185. The third-order valence-electron chi connectivity index (χ3n) is 7.18. The van der Waals surface area contributed by atoms with Crippen molar-refractivity contribution in [3.05, 3.63) is 18.1 Å². The second-order valence-electron chi connectivity index (χ2n) is 9.96. The van der Waals surface area contributed by atoms with Crippen LogP contribution in [0.15, 0.2) is 12.3 Å². The van der Waals surface area contributed by atoms with Crippen LogP contribution in [-0.2, 0) is 4.65 Å². The number of nitrogens with zero attached hydrogens (tertiary/aromatic N) is 1. The Kier molecular flexibility index (Phi) is 5.37. The normalized spacial score (nSPS) is 26.3. The molecule has 1 heterocycles. The molecule has 4 nitrogen and oxygen atoms in total. The first kappa shape index (κ1) is 20.6. The van der Waals surface area contributed by atoms with E-state index in [9.17, 15) is 9.50 Å². The van der Waals surface area contributed by atoms with Gasteiger partial charge in [-0.05, 0) is 69.3 Å². The Hall–Kier alpha value is -1.14. The Balaban J connectivity index is 1.75. The van der Waals surface area contributed by atoms with Gasteiger partial charge in [0.15, 0.2) is 0 Å². The van der Waals surface area contributed by atoms with Crippen LogP contribution in [0.3, 0.4) is 0 Å². The highest BCUT2D eigenvalue weighted by atomic mass is 19.1. The minimum atomic E-state index is -0.616. The zero-order chi connectivity index (χ0) is 20.0. The van der Waals surface area contributed by atoms with Crippen LogP contribution in [0.2, 0.25) is 6.82 Å². The highest BCUT2D eigenvalue weighted by Crippen LogP contribution is 2.49. The average Bonchev–Trinajstić information content (AvgIpc) is 2.44. The first-order chi connectivity index (χ1) is 12.4. The van der Waals surface area contributed by atoms with Crippen molar-refractivity contribution in [1.82, 2.24) is 4.98 Å². The summed E-state index contributed by atoms with van der Waals surface area (Å²) in [4.78, 5) is 4.28. The summed E-state index contributed by atoms with van der Waals surface area (Å²) in [5, 5.41) is 13.3. The van der Waals surface area contributed by atoms with E-state index in [4.69, 9.17) is 4.65 Å². The van der Waals surface area contributed by atoms with Gasteiger partial charge in [0.25, 0.3) is 0 Å². The molecular weight excluding hydrogens is 342 g/mol. The van der Waals surface area contributed by atoms with Crippen molar-refractivity contribution < 1.29 is 14.2 Å². The standard InChI is InChI=1S/C21H34BFN2O2/c1-19(2,14-8-7-9-14)20(3,4)27-22(6)17-10-15(23)13-24-18(17)25-16-11-21(5,26)12-16/h10,13-14,16,26H,7-9,11-12H2,1-6H3,(H,24,25). The third-order valence-corrected chi connectivity index (χ3v) is 7.18. The lowest BCUT2D eigenvalue weighted by Crippen LogP contribution is -2.53. The molecule has 0 amide bonds. The summed E-state index contributed by atoms with van der Waals surface area (Å²) in [6.07, 6.45) is 6.38. The molecule has 1 aromatic heterocycles. The van der Waals surface area contributed by atoms with Gasteiger partial charge >= 0.3 is 6.92 Å². The maximum Gasteiger partial charge on any atom is 0.327 e. The number of hydrogen-bond acceptors (Lipinski definition) is 4. The van der Waals surface area contributed by atoms with Gasteiger partial charge in [-0.1, -0.05) is 27.1 Å². The topological polar surface area (TPSA) is 54.4 Å². The quantitative estimate of drug-likeness (QED) is 0.707. The fraction of sp³-hybridized carbons (Fsp3) is 0.762. The van der Waals surface area contributed by atoms with Gasteiger partial charge in [-0.3, -0.25) is 0 Å². The van der Waals surface area contributed by atoms with Crippen LogP contribution in [0.25, 0.3) is 0 Å². The molecule has 2 N–H and O–H groups in total. The highest BCUT2D eigenvalue weighted by Gasteiger charge is 2.47. The van der Waals surface area contributed by atoms with E-state index in [1.165, 1.54) is 31.5 Å². The molecule has 2 aliphatic rings.